The summed E-state index contributed by atoms with van der Waals surface area (Å²) < 4.78 is 0. The number of hydrogen-bond acceptors (Lipinski definition) is 1. The van der Waals surface area contributed by atoms with Crippen LogP contribution in [-0.4, -0.2) is 0 Å². The van der Waals surface area contributed by atoms with Crippen molar-refractivity contribution in [1.29, 1.82) is 0 Å². The molecule has 0 bridgehead atoms. The number of hydrogen-bond donors (Lipinski definition) is 1. The van der Waals surface area contributed by atoms with Crippen LogP contribution in [0.4, 0.5) is 0 Å². The first-order chi connectivity index (χ1) is 5.22. The molecule has 11 heavy (non-hydrogen) atoms. The van der Waals surface area contributed by atoms with E-state index in [-0.39, 0.29) is 0 Å². The molecule has 0 spiro atoms. The van der Waals surface area contributed by atoms with Crippen LogP contribution in [0.1, 0.15) is 6.92 Å². The van der Waals surface area contributed by atoms with Crippen molar-refractivity contribution in [2.24, 2.45) is 5.73 Å². The normalized spacial score (nSPS) is 23.6. The van der Waals surface area contributed by atoms with Gasteiger partial charge in [-0.3, -0.25) is 0 Å². The highest BCUT2D eigenvalue weighted by atomic mass is 35.5. The van der Waals surface area contributed by atoms with Crippen LogP contribution < -0.4 is 5.73 Å². The maximum atomic E-state index is 5.90. The van der Waals surface area contributed by atoms with Gasteiger partial charge in [0.15, 0.2) is 0 Å². The SMILES string of the molecule is CC1=C/C=C/C=C\C(N)=C1Cl. The van der Waals surface area contributed by atoms with Crippen molar-refractivity contribution >= 4 is 11.6 Å². The summed E-state index contributed by atoms with van der Waals surface area (Å²) in [5.74, 6) is 0. The Kier molecular flexibility index (Phi) is 2.55. The standard InChI is InChI=1S/C9H10ClN/c1-7-5-3-2-4-6-8(11)9(7)10/h2-6H,11H2,1H3/b3-2+,4-2?,5-3?,6-4-,7-5?,8-6?,9-7?,9-8?. The van der Waals surface area contributed by atoms with Crippen molar-refractivity contribution < 1.29 is 0 Å². The second-order valence-corrected chi connectivity index (χ2v) is 2.74. The zero-order valence-electron chi connectivity index (χ0n) is 6.34. The van der Waals surface area contributed by atoms with Gasteiger partial charge in [0, 0.05) is 0 Å². The predicted molar refractivity (Wildman–Crippen MR) is 49.1 cm³/mol. The Labute approximate surface area is 71.5 Å². The molecular formula is C9H10ClN. The van der Waals surface area contributed by atoms with Gasteiger partial charge in [0.2, 0.25) is 0 Å². The van der Waals surface area contributed by atoms with E-state index in [1.165, 1.54) is 0 Å². The van der Waals surface area contributed by atoms with E-state index in [1.54, 1.807) is 6.08 Å². The number of halogens is 1. The molecule has 0 unspecified atom stereocenters. The van der Waals surface area contributed by atoms with Gasteiger partial charge >= 0.3 is 0 Å². The van der Waals surface area contributed by atoms with E-state index < -0.39 is 0 Å². The minimum absolute atomic E-state index is 0.616. The molecule has 1 aliphatic rings. The Balaban J connectivity index is 3.07. The highest BCUT2D eigenvalue weighted by Crippen LogP contribution is 2.18. The molecule has 0 heterocycles. The van der Waals surface area contributed by atoms with Crippen LogP contribution >= 0.6 is 11.6 Å². The molecule has 0 amide bonds. The molecule has 0 saturated carbocycles. The van der Waals surface area contributed by atoms with E-state index >= 15 is 0 Å². The van der Waals surface area contributed by atoms with Gasteiger partial charge in [-0.15, -0.1) is 0 Å². The minimum atomic E-state index is 0.616. The van der Waals surface area contributed by atoms with E-state index in [0.29, 0.717) is 10.7 Å². The van der Waals surface area contributed by atoms with E-state index in [4.69, 9.17) is 17.3 Å². The van der Waals surface area contributed by atoms with Crippen LogP contribution in [0.3, 0.4) is 0 Å². The topological polar surface area (TPSA) is 26.0 Å². The Bertz CT molecular complexity index is 269. The summed E-state index contributed by atoms with van der Waals surface area (Å²) in [6, 6.07) is 0. The molecule has 0 aliphatic heterocycles. The molecule has 1 rings (SSSR count). The summed E-state index contributed by atoms with van der Waals surface area (Å²) in [6.07, 6.45) is 9.43. The van der Waals surface area contributed by atoms with Gasteiger partial charge in [-0.25, -0.2) is 0 Å². The molecule has 0 aromatic rings. The molecule has 1 aliphatic carbocycles. The quantitative estimate of drug-likeness (QED) is 0.590. The minimum Gasteiger partial charge on any atom is -0.398 e. The molecule has 0 fully saturated rings. The first-order valence-electron chi connectivity index (χ1n) is 3.39. The maximum Gasteiger partial charge on any atom is 0.0664 e. The monoisotopic (exact) mass is 167 g/mol. The van der Waals surface area contributed by atoms with Crippen LogP contribution in [0.25, 0.3) is 0 Å². The second-order valence-electron chi connectivity index (χ2n) is 2.36. The van der Waals surface area contributed by atoms with Crippen molar-refractivity contribution in [2.45, 2.75) is 6.92 Å². The molecule has 0 aromatic heterocycles. The Morgan fingerprint density at radius 1 is 1.27 bits per heavy atom. The first kappa shape index (κ1) is 8.15. The van der Waals surface area contributed by atoms with Gasteiger partial charge in [-0.05, 0) is 18.6 Å². The van der Waals surface area contributed by atoms with Gasteiger partial charge in [0.25, 0.3) is 0 Å². The largest absolute Gasteiger partial charge is 0.398 e. The van der Waals surface area contributed by atoms with Gasteiger partial charge in [0.1, 0.15) is 0 Å². The summed E-state index contributed by atoms with van der Waals surface area (Å²) in [6.45, 7) is 1.93. The zero-order valence-corrected chi connectivity index (χ0v) is 7.10. The van der Waals surface area contributed by atoms with E-state index in [1.807, 2.05) is 31.2 Å². The number of allylic oxidation sites excluding steroid dienone is 7. The van der Waals surface area contributed by atoms with Crippen LogP contribution in [0.5, 0.6) is 0 Å². The zero-order chi connectivity index (χ0) is 8.27. The number of nitrogens with two attached hydrogens (primary N) is 1. The molecule has 0 atom stereocenters. The van der Waals surface area contributed by atoms with Gasteiger partial charge in [0.05, 0.1) is 10.7 Å². The fourth-order valence-electron chi connectivity index (χ4n) is 0.797. The molecular weight excluding hydrogens is 158 g/mol. The smallest absolute Gasteiger partial charge is 0.0664 e. The molecule has 1 nitrogen and oxygen atoms in total. The summed E-state index contributed by atoms with van der Waals surface area (Å²) >= 11 is 5.90. The fourth-order valence-corrected chi connectivity index (χ4v) is 0.923. The maximum absolute atomic E-state index is 5.90. The molecule has 58 valence electrons. The fraction of sp³-hybridized carbons (Fsp3) is 0.111. The Morgan fingerprint density at radius 2 is 2.00 bits per heavy atom. The third kappa shape index (κ3) is 1.99. The van der Waals surface area contributed by atoms with Crippen molar-refractivity contribution in [3.63, 3.8) is 0 Å². The van der Waals surface area contributed by atoms with Crippen molar-refractivity contribution in [1.82, 2.24) is 0 Å². The third-order valence-corrected chi connectivity index (χ3v) is 1.96. The van der Waals surface area contributed by atoms with E-state index in [2.05, 4.69) is 0 Å². The van der Waals surface area contributed by atoms with E-state index in [9.17, 15) is 0 Å². The van der Waals surface area contributed by atoms with Crippen LogP contribution in [0.2, 0.25) is 0 Å². The molecule has 0 radical (unpaired) electrons. The second kappa shape index (κ2) is 3.44. The van der Waals surface area contributed by atoms with Crippen molar-refractivity contribution in [2.75, 3.05) is 0 Å². The average molecular weight is 168 g/mol. The third-order valence-electron chi connectivity index (χ3n) is 1.44. The summed E-state index contributed by atoms with van der Waals surface area (Å²) in [5, 5.41) is 0.630. The highest BCUT2D eigenvalue weighted by Gasteiger charge is 1.99. The van der Waals surface area contributed by atoms with Crippen LogP contribution in [0, 0.1) is 0 Å². The molecule has 2 N–H and O–H groups in total. The van der Waals surface area contributed by atoms with Crippen molar-refractivity contribution in [3.8, 4) is 0 Å². The first-order valence-corrected chi connectivity index (χ1v) is 3.77. The molecule has 0 saturated heterocycles. The van der Waals surface area contributed by atoms with Crippen molar-refractivity contribution in [3.05, 3.63) is 46.7 Å². The van der Waals surface area contributed by atoms with Gasteiger partial charge in [-0.1, -0.05) is 35.9 Å². The van der Waals surface area contributed by atoms with E-state index in [0.717, 1.165) is 5.57 Å². The number of rotatable bonds is 0. The van der Waals surface area contributed by atoms with Gasteiger partial charge in [-0.2, -0.15) is 0 Å². The summed E-state index contributed by atoms with van der Waals surface area (Å²) in [4.78, 5) is 0. The summed E-state index contributed by atoms with van der Waals surface area (Å²) in [5.41, 5.74) is 7.23. The van der Waals surface area contributed by atoms with Gasteiger partial charge < -0.3 is 5.73 Å². The average Bonchev–Trinajstić information content (AvgIpc) is 2.00. The summed E-state index contributed by atoms with van der Waals surface area (Å²) in [7, 11) is 0. The highest BCUT2D eigenvalue weighted by molar-refractivity contribution is 6.32. The lowest BCUT2D eigenvalue weighted by atomic mass is 10.2. The molecule has 0 aromatic carbocycles. The Hall–Kier alpha value is -0.950. The lowest BCUT2D eigenvalue weighted by Crippen LogP contribution is -1.97. The van der Waals surface area contributed by atoms with Crippen LogP contribution in [-0.2, 0) is 0 Å². The predicted octanol–water partition coefficient (Wildman–Crippen LogP) is 2.47. The lowest BCUT2D eigenvalue weighted by molar-refractivity contribution is 1.34. The molecule has 2 heteroatoms. The van der Waals surface area contributed by atoms with Crippen LogP contribution in [0.15, 0.2) is 46.7 Å². The Morgan fingerprint density at radius 3 is 2.73 bits per heavy atom. The lowest BCUT2D eigenvalue weighted by Gasteiger charge is -2.02.